The molecule has 4 aromatic rings. The molecule has 2 aromatic carbocycles. The summed E-state index contributed by atoms with van der Waals surface area (Å²) < 4.78 is 21.0. The van der Waals surface area contributed by atoms with Crippen molar-refractivity contribution in [2.45, 2.75) is 31.7 Å². The summed E-state index contributed by atoms with van der Waals surface area (Å²) in [4.78, 5) is 18.4. The molecule has 6 nitrogen and oxygen atoms in total. The van der Waals surface area contributed by atoms with Gasteiger partial charge in [0.25, 0.3) is 5.91 Å². The third-order valence-corrected chi connectivity index (χ3v) is 6.72. The van der Waals surface area contributed by atoms with E-state index in [0.29, 0.717) is 37.5 Å². The molecule has 174 valence electrons. The van der Waals surface area contributed by atoms with Gasteiger partial charge in [-0.15, -0.1) is 0 Å². The lowest BCUT2D eigenvalue weighted by Crippen LogP contribution is -2.44. The van der Waals surface area contributed by atoms with Crippen molar-refractivity contribution in [2.24, 2.45) is 0 Å². The Morgan fingerprint density at radius 2 is 1.85 bits per heavy atom. The third-order valence-electron chi connectivity index (χ3n) is 6.72. The van der Waals surface area contributed by atoms with Crippen molar-refractivity contribution in [3.05, 3.63) is 83.8 Å². The SMILES string of the molecule is CCn1ncc2c(C(=O)NCC3(c4ccc(F)cc4)CCOCC3)cc(-c3ccccc3)nc21. The zero-order valence-corrected chi connectivity index (χ0v) is 19.1. The zero-order chi connectivity index (χ0) is 23.5. The van der Waals surface area contributed by atoms with Crippen LogP contribution in [0.3, 0.4) is 0 Å². The smallest absolute Gasteiger partial charge is 0.252 e. The quantitative estimate of drug-likeness (QED) is 0.453. The molecule has 2 aromatic heterocycles. The van der Waals surface area contributed by atoms with Crippen LogP contribution in [0.2, 0.25) is 0 Å². The molecule has 1 aliphatic rings. The van der Waals surface area contributed by atoms with Crippen LogP contribution in [-0.2, 0) is 16.7 Å². The average molecular weight is 459 g/mol. The molecular weight excluding hydrogens is 431 g/mol. The molecule has 7 heteroatoms. The first kappa shape index (κ1) is 22.2. The Balaban J connectivity index is 1.49. The van der Waals surface area contributed by atoms with Crippen LogP contribution >= 0.6 is 0 Å². The molecular formula is C27H27FN4O2. The molecule has 1 N–H and O–H groups in total. The number of benzene rings is 2. The average Bonchev–Trinajstić information content (AvgIpc) is 3.31. The molecule has 3 heterocycles. The molecule has 0 spiro atoms. The van der Waals surface area contributed by atoms with Crippen LogP contribution in [0.5, 0.6) is 0 Å². The molecule has 1 saturated heterocycles. The highest BCUT2D eigenvalue weighted by atomic mass is 19.1. The van der Waals surface area contributed by atoms with E-state index in [2.05, 4.69) is 10.4 Å². The van der Waals surface area contributed by atoms with Gasteiger partial charge in [-0.3, -0.25) is 4.79 Å². The molecule has 0 aliphatic carbocycles. The summed E-state index contributed by atoms with van der Waals surface area (Å²) in [7, 11) is 0. The number of rotatable bonds is 6. The molecule has 0 saturated carbocycles. The molecule has 0 atom stereocenters. The van der Waals surface area contributed by atoms with Gasteiger partial charge in [0.2, 0.25) is 0 Å². The predicted molar refractivity (Wildman–Crippen MR) is 129 cm³/mol. The lowest BCUT2D eigenvalue weighted by atomic mass is 9.74. The first-order valence-electron chi connectivity index (χ1n) is 11.6. The van der Waals surface area contributed by atoms with Crippen LogP contribution in [0.4, 0.5) is 4.39 Å². The van der Waals surface area contributed by atoms with Crippen molar-refractivity contribution in [3.8, 4) is 11.3 Å². The topological polar surface area (TPSA) is 69.0 Å². The van der Waals surface area contributed by atoms with Gasteiger partial charge in [0, 0.05) is 37.3 Å². The number of aryl methyl sites for hydroxylation is 1. The summed E-state index contributed by atoms with van der Waals surface area (Å²) in [6.07, 6.45) is 3.22. The zero-order valence-electron chi connectivity index (χ0n) is 19.1. The lowest BCUT2D eigenvalue weighted by molar-refractivity contribution is 0.0487. The fourth-order valence-electron chi connectivity index (χ4n) is 4.70. The van der Waals surface area contributed by atoms with Crippen LogP contribution in [0.1, 0.15) is 35.7 Å². The van der Waals surface area contributed by atoms with Gasteiger partial charge in [0.15, 0.2) is 5.65 Å². The largest absolute Gasteiger partial charge is 0.381 e. The van der Waals surface area contributed by atoms with E-state index in [1.54, 1.807) is 10.9 Å². The van der Waals surface area contributed by atoms with Gasteiger partial charge in [-0.05, 0) is 43.5 Å². The first-order valence-corrected chi connectivity index (χ1v) is 11.6. The summed E-state index contributed by atoms with van der Waals surface area (Å²) in [5, 5.41) is 8.32. The number of aromatic nitrogens is 3. The number of halogens is 1. The van der Waals surface area contributed by atoms with E-state index in [-0.39, 0.29) is 17.1 Å². The van der Waals surface area contributed by atoms with E-state index in [1.165, 1.54) is 12.1 Å². The maximum Gasteiger partial charge on any atom is 0.252 e. The standard InChI is InChI=1S/C27H27FN4O2/c1-2-32-25-23(17-30-32)22(16-24(31-25)19-6-4-3-5-7-19)26(33)29-18-27(12-14-34-15-13-27)20-8-10-21(28)11-9-20/h3-11,16-17H,2,12-15,18H2,1H3,(H,29,33). The predicted octanol–water partition coefficient (Wildman–Crippen LogP) is 4.74. The summed E-state index contributed by atoms with van der Waals surface area (Å²) in [5.74, 6) is -0.441. The number of fused-ring (bicyclic) bond motifs is 1. The number of nitrogens with one attached hydrogen (secondary N) is 1. The van der Waals surface area contributed by atoms with Gasteiger partial charge in [-0.2, -0.15) is 5.10 Å². The maximum atomic E-state index is 13.6. The lowest BCUT2D eigenvalue weighted by Gasteiger charge is -2.38. The maximum absolute atomic E-state index is 13.6. The second kappa shape index (κ2) is 9.35. The van der Waals surface area contributed by atoms with Gasteiger partial charge >= 0.3 is 0 Å². The van der Waals surface area contributed by atoms with Gasteiger partial charge in [-0.1, -0.05) is 42.5 Å². The van der Waals surface area contributed by atoms with Crippen molar-refractivity contribution < 1.29 is 13.9 Å². The second-order valence-corrected chi connectivity index (χ2v) is 8.70. The molecule has 1 aliphatic heterocycles. The number of hydrogen-bond donors (Lipinski definition) is 1. The number of nitrogens with zero attached hydrogens (tertiary/aromatic N) is 3. The minimum Gasteiger partial charge on any atom is -0.381 e. The summed E-state index contributed by atoms with van der Waals surface area (Å²) in [6.45, 7) is 4.31. The van der Waals surface area contributed by atoms with E-state index in [4.69, 9.17) is 9.72 Å². The fourth-order valence-corrected chi connectivity index (χ4v) is 4.70. The van der Waals surface area contributed by atoms with E-state index < -0.39 is 0 Å². The fraction of sp³-hybridized carbons (Fsp3) is 0.296. The van der Waals surface area contributed by atoms with Crippen molar-refractivity contribution in [3.63, 3.8) is 0 Å². The molecule has 1 amide bonds. The molecule has 0 radical (unpaired) electrons. The van der Waals surface area contributed by atoms with Crippen molar-refractivity contribution in [2.75, 3.05) is 19.8 Å². The minimum atomic E-state index is -0.302. The molecule has 0 bridgehead atoms. The van der Waals surface area contributed by atoms with Crippen molar-refractivity contribution in [1.29, 1.82) is 0 Å². The summed E-state index contributed by atoms with van der Waals surface area (Å²) in [6, 6.07) is 18.2. The van der Waals surface area contributed by atoms with E-state index in [9.17, 15) is 9.18 Å². The number of pyridine rings is 1. The van der Waals surface area contributed by atoms with E-state index >= 15 is 0 Å². The monoisotopic (exact) mass is 458 g/mol. The molecule has 34 heavy (non-hydrogen) atoms. The normalized spacial score (nSPS) is 15.4. The minimum absolute atomic E-state index is 0.173. The summed E-state index contributed by atoms with van der Waals surface area (Å²) in [5.41, 5.74) is 3.62. The van der Waals surface area contributed by atoms with Crippen LogP contribution in [-0.4, -0.2) is 40.4 Å². The van der Waals surface area contributed by atoms with Gasteiger partial charge in [0.05, 0.1) is 22.8 Å². The van der Waals surface area contributed by atoms with Crippen LogP contribution in [0.25, 0.3) is 22.3 Å². The van der Waals surface area contributed by atoms with Crippen molar-refractivity contribution in [1.82, 2.24) is 20.1 Å². The highest BCUT2D eigenvalue weighted by molar-refractivity contribution is 6.06. The van der Waals surface area contributed by atoms with Crippen LogP contribution in [0.15, 0.2) is 66.9 Å². The van der Waals surface area contributed by atoms with Crippen LogP contribution in [0, 0.1) is 5.82 Å². The Hall–Kier alpha value is -3.58. The van der Waals surface area contributed by atoms with E-state index in [0.717, 1.165) is 35.0 Å². The molecule has 0 unspecified atom stereocenters. The number of hydrogen-bond acceptors (Lipinski definition) is 4. The van der Waals surface area contributed by atoms with Gasteiger partial charge in [-0.25, -0.2) is 14.1 Å². The number of carbonyl (C=O) groups excluding carboxylic acids is 1. The Morgan fingerprint density at radius 3 is 2.56 bits per heavy atom. The third kappa shape index (κ3) is 4.19. The van der Waals surface area contributed by atoms with Gasteiger partial charge < -0.3 is 10.1 Å². The molecule has 5 rings (SSSR count). The number of ether oxygens (including phenoxy) is 1. The Labute approximate surface area is 197 Å². The second-order valence-electron chi connectivity index (χ2n) is 8.70. The van der Waals surface area contributed by atoms with E-state index in [1.807, 2.05) is 55.5 Å². The highest BCUT2D eigenvalue weighted by Crippen LogP contribution is 2.35. The Kier molecular flexibility index (Phi) is 6.11. The number of amides is 1. The summed E-state index contributed by atoms with van der Waals surface area (Å²) >= 11 is 0. The highest BCUT2D eigenvalue weighted by Gasteiger charge is 2.35. The Bertz CT molecular complexity index is 1300. The van der Waals surface area contributed by atoms with Crippen LogP contribution < -0.4 is 5.32 Å². The van der Waals surface area contributed by atoms with Crippen molar-refractivity contribution >= 4 is 16.9 Å². The number of carbonyl (C=O) groups is 1. The Morgan fingerprint density at radius 1 is 1.12 bits per heavy atom. The molecule has 1 fully saturated rings. The van der Waals surface area contributed by atoms with Gasteiger partial charge in [0.1, 0.15) is 5.82 Å². The first-order chi connectivity index (χ1) is 16.6.